The SMILES string of the molecule is Cc1ccc(S(=O)(=O)Nc2ccc(N3CCCC3)cn2)cc1. The maximum atomic E-state index is 12.3. The summed E-state index contributed by atoms with van der Waals surface area (Å²) in [6, 6.07) is 10.4. The Morgan fingerprint density at radius 1 is 1.05 bits per heavy atom. The number of sulfonamides is 1. The average Bonchev–Trinajstić information content (AvgIpc) is 3.02. The number of pyridine rings is 1. The van der Waals surface area contributed by atoms with Gasteiger partial charge in [-0.3, -0.25) is 4.72 Å². The van der Waals surface area contributed by atoms with Crippen LogP contribution in [0.1, 0.15) is 18.4 Å². The van der Waals surface area contributed by atoms with E-state index in [4.69, 9.17) is 0 Å². The normalized spacial score (nSPS) is 15.0. The number of aryl methyl sites for hydroxylation is 1. The van der Waals surface area contributed by atoms with E-state index in [-0.39, 0.29) is 4.90 Å². The number of anilines is 2. The summed E-state index contributed by atoms with van der Waals surface area (Å²) >= 11 is 0. The molecule has 116 valence electrons. The first kappa shape index (κ1) is 14.8. The molecule has 1 aromatic heterocycles. The second-order valence-corrected chi connectivity index (χ2v) is 7.20. The molecule has 5 nitrogen and oxygen atoms in total. The zero-order chi connectivity index (χ0) is 15.6. The van der Waals surface area contributed by atoms with Gasteiger partial charge >= 0.3 is 0 Å². The molecule has 0 amide bonds. The smallest absolute Gasteiger partial charge is 0.263 e. The van der Waals surface area contributed by atoms with Crippen molar-refractivity contribution in [2.45, 2.75) is 24.7 Å². The molecule has 1 aliphatic rings. The molecule has 1 saturated heterocycles. The monoisotopic (exact) mass is 317 g/mol. The molecule has 1 aliphatic heterocycles. The zero-order valence-electron chi connectivity index (χ0n) is 12.5. The van der Waals surface area contributed by atoms with E-state index >= 15 is 0 Å². The molecule has 1 aromatic carbocycles. The van der Waals surface area contributed by atoms with Crippen LogP contribution in [0.5, 0.6) is 0 Å². The third kappa shape index (κ3) is 3.22. The van der Waals surface area contributed by atoms with Crippen molar-refractivity contribution in [1.29, 1.82) is 0 Å². The van der Waals surface area contributed by atoms with Crippen molar-refractivity contribution in [1.82, 2.24) is 4.98 Å². The van der Waals surface area contributed by atoms with E-state index in [0.29, 0.717) is 5.82 Å². The molecule has 3 rings (SSSR count). The van der Waals surface area contributed by atoms with Gasteiger partial charge in [0.15, 0.2) is 0 Å². The highest BCUT2D eigenvalue weighted by molar-refractivity contribution is 7.92. The highest BCUT2D eigenvalue weighted by Crippen LogP contribution is 2.21. The molecule has 1 N–H and O–H groups in total. The molecule has 0 atom stereocenters. The van der Waals surface area contributed by atoms with E-state index in [9.17, 15) is 8.42 Å². The molecule has 0 unspecified atom stereocenters. The van der Waals surface area contributed by atoms with E-state index < -0.39 is 10.0 Å². The molecular weight excluding hydrogens is 298 g/mol. The van der Waals surface area contributed by atoms with Gasteiger partial charge in [0.05, 0.1) is 16.8 Å². The number of benzene rings is 1. The predicted octanol–water partition coefficient (Wildman–Crippen LogP) is 2.79. The Bertz CT molecular complexity index is 734. The minimum Gasteiger partial charge on any atom is -0.370 e. The highest BCUT2D eigenvalue weighted by Gasteiger charge is 2.16. The van der Waals surface area contributed by atoms with Crippen LogP contribution in [-0.4, -0.2) is 26.5 Å². The summed E-state index contributed by atoms with van der Waals surface area (Å²) in [5.74, 6) is 0.337. The van der Waals surface area contributed by atoms with Gasteiger partial charge < -0.3 is 4.90 Å². The maximum absolute atomic E-state index is 12.3. The summed E-state index contributed by atoms with van der Waals surface area (Å²) in [6.45, 7) is 3.99. The fourth-order valence-corrected chi connectivity index (χ4v) is 3.53. The van der Waals surface area contributed by atoms with E-state index in [0.717, 1.165) is 24.3 Å². The van der Waals surface area contributed by atoms with E-state index in [2.05, 4.69) is 14.6 Å². The topological polar surface area (TPSA) is 62.3 Å². The Hall–Kier alpha value is -2.08. The largest absolute Gasteiger partial charge is 0.370 e. The number of nitrogens with one attached hydrogen (secondary N) is 1. The summed E-state index contributed by atoms with van der Waals surface area (Å²) in [7, 11) is -3.59. The molecule has 2 aromatic rings. The van der Waals surface area contributed by atoms with Crippen LogP contribution >= 0.6 is 0 Å². The van der Waals surface area contributed by atoms with Crippen molar-refractivity contribution < 1.29 is 8.42 Å². The third-order valence-corrected chi connectivity index (χ3v) is 5.16. The van der Waals surface area contributed by atoms with Gasteiger partial charge in [0.25, 0.3) is 10.0 Å². The van der Waals surface area contributed by atoms with Gasteiger partial charge in [-0.05, 0) is 44.0 Å². The molecule has 0 aliphatic carbocycles. The van der Waals surface area contributed by atoms with Crippen molar-refractivity contribution in [3.63, 3.8) is 0 Å². The lowest BCUT2D eigenvalue weighted by atomic mass is 10.2. The Balaban J connectivity index is 1.75. The molecule has 1 fully saturated rings. The summed E-state index contributed by atoms with van der Waals surface area (Å²) < 4.78 is 27.1. The lowest BCUT2D eigenvalue weighted by Crippen LogP contribution is -2.18. The van der Waals surface area contributed by atoms with Crippen LogP contribution in [0, 0.1) is 6.92 Å². The molecular formula is C16H19N3O2S. The summed E-state index contributed by atoms with van der Waals surface area (Å²) in [6.07, 6.45) is 4.11. The first-order chi connectivity index (χ1) is 10.5. The molecule has 6 heteroatoms. The van der Waals surface area contributed by atoms with Crippen molar-refractivity contribution >= 4 is 21.5 Å². The fraction of sp³-hybridized carbons (Fsp3) is 0.312. The predicted molar refractivity (Wildman–Crippen MR) is 87.7 cm³/mol. The van der Waals surface area contributed by atoms with Gasteiger partial charge in [-0.2, -0.15) is 0 Å². The first-order valence-corrected chi connectivity index (χ1v) is 8.83. The standard InChI is InChI=1S/C16H19N3O2S/c1-13-4-7-15(8-5-13)22(20,21)18-16-9-6-14(12-17-16)19-10-2-3-11-19/h4-9,12H,2-3,10-11H2,1H3,(H,17,18). The van der Waals surface area contributed by atoms with Crippen LogP contribution in [0.3, 0.4) is 0 Å². The third-order valence-electron chi connectivity index (χ3n) is 3.79. The maximum Gasteiger partial charge on any atom is 0.263 e. The van der Waals surface area contributed by atoms with Gasteiger partial charge in [0.2, 0.25) is 0 Å². The fourth-order valence-electron chi connectivity index (χ4n) is 2.52. The quantitative estimate of drug-likeness (QED) is 0.942. The molecule has 22 heavy (non-hydrogen) atoms. The van der Waals surface area contributed by atoms with E-state index in [1.807, 2.05) is 13.0 Å². The minimum atomic E-state index is -3.59. The summed E-state index contributed by atoms with van der Waals surface area (Å²) in [5.41, 5.74) is 2.06. The molecule has 0 saturated carbocycles. The summed E-state index contributed by atoms with van der Waals surface area (Å²) in [5, 5.41) is 0. The van der Waals surface area contributed by atoms with Crippen molar-refractivity contribution in [2.75, 3.05) is 22.7 Å². The Morgan fingerprint density at radius 3 is 2.32 bits per heavy atom. The van der Waals surface area contributed by atoms with Crippen LogP contribution in [0.15, 0.2) is 47.5 Å². The van der Waals surface area contributed by atoms with Crippen LogP contribution in [0.25, 0.3) is 0 Å². The van der Waals surface area contributed by atoms with Crippen molar-refractivity contribution in [2.24, 2.45) is 0 Å². The van der Waals surface area contributed by atoms with Crippen molar-refractivity contribution in [3.05, 3.63) is 48.2 Å². The number of nitrogens with zero attached hydrogens (tertiary/aromatic N) is 2. The number of aromatic nitrogens is 1. The highest BCUT2D eigenvalue weighted by atomic mass is 32.2. The second-order valence-electron chi connectivity index (χ2n) is 5.51. The average molecular weight is 317 g/mol. The minimum absolute atomic E-state index is 0.239. The first-order valence-electron chi connectivity index (χ1n) is 7.35. The van der Waals surface area contributed by atoms with Gasteiger partial charge in [0.1, 0.15) is 5.82 Å². The van der Waals surface area contributed by atoms with Gasteiger partial charge in [-0.1, -0.05) is 17.7 Å². The lowest BCUT2D eigenvalue weighted by Gasteiger charge is -2.17. The van der Waals surface area contributed by atoms with Gasteiger partial charge in [-0.15, -0.1) is 0 Å². The number of rotatable bonds is 4. The van der Waals surface area contributed by atoms with Crippen LogP contribution in [-0.2, 0) is 10.0 Å². The number of hydrogen-bond donors (Lipinski definition) is 1. The molecule has 2 heterocycles. The van der Waals surface area contributed by atoms with E-state index in [1.165, 1.54) is 12.8 Å². The van der Waals surface area contributed by atoms with E-state index in [1.54, 1.807) is 36.5 Å². The Kier molecular flexibility index (Phi) is 4.02. The second kappa shape index (κ2) is 5.96. The number of hydrogen-bond acceptors (Lipinski definition) is 4. The van der Waals surface area contributed by atoms with Crippen LogP contribution in [0.2, 0.25) is 0 Å². The lowest BCUT2D eigenvalue weighted by molar-refractivity contribution is 0.601. The van der Waals surface area contributed by atoms with Gasteiger partial charge in [-0.25, -0.2) is 13.4 Å². The Morgan fingerprint density at radius 2 is 1.73 bits per heavy atom. The van der Waals surface area contributed by atoms with Gasteiger partial charge in [0, 0.05) is 13.1 Å². The zero-order valence-corrected chi connectivity index (χ0v) is 13.3. The van der Waals surface area contributed by atoms with Crippen LogP contribution < -0.4 is 9.62 Å². The summed E-state index contributed by atoms with van der Waals surface area (Å²) in [4.78, 5) is 6.71. The van der Waals surface area contributed by atoms with Crippen molar-refractivity contribution in [3.8, 4) is 0 Å². The molecule has 0 spiro atoms. The molecule has 0 bridgehead atoms. The van der Waals surface area contributed by atoms with Crippen LogP contribution in [0.4, 0.5) is 11.5 Å². The Labute approximate surface area is 131 Å². The molecule has 0 radical (unpaired) electrons.